The maximum atomic E-state index is 12.5. The lowest BCUT2D eigenvalue weighted by atomic mass is 9.95. The molecule has 0 saturated heterocycles. The van der Waals surface area contributed by atoms with Crippen LogP contribution in [0, 0.1) is 6.92 Å². The van der Waals surface area contributed by atoms with E-state index in [2.05, 4.69) is 23.6 Å². The lowest BCUT2D eigenvalue weighted by Gasteiger charge is -2.22. The highest BCUT2D eigenvalue weighted by molar-refractivity contribution is 5.87. The van der Waals surface area contributed by atoms with Crippen molar-refractivity contribution in [2.75, 3.05) is 11.9 Å². The van der Waals surface area contributed by atoms with Crippen molar-refractivity contribution in [1.82, 2.24) is 5.32 Å². The lowest BCUT2D eigenvalue weighted by molar-refractivity contribution is -0.274. The summed E-state index contributed by atoms with van der Waals surface area (Å²) in [7, 11) is 1.94. The van der Waals surface area contributed by atoms with Crippen LogP contribution in [-0.2, 0) is 11.3 Å². The first-order valence-electron chi connectivity index (χ1n) is 9.84. The van der Waals surface area contributed by atoms with Gasteiger partial charge >= 0.3 is 6.36 Å². The molecule has 0 aromatic heterocycles. The average molecular weight is 432 g/mol. The molecule has 1 N–H and O–H groups in total. The molecule has 166 valence electrons. The molecule has 0 spiro atoms. The number of halogens is 3. The van der Waals surface area contributed by atoms with Crippen molar-refractivity contribution < 1.29 is 22.7 Å². The Bertz CT molecular complexity index is 964. The number of allylic oxidation sites excluding steroid dienone is 1. The number of ether oxygens (including phenoxy) is 1. The molecule has 1 amide bonds. The number of nitrogens with one attached hydrogen (secondary N) is 1. The van der Waals surface area contributed by atoms with Gasteiger partial charge in [-0.15, -0.1) is 13.2 Å². The van der Waals surface area contributed by atoms with Gasteiger partial charge in [0.25, 0.3) is 0 Å². The van der Waals surface area contributed by atoms with Crippen LogP contribution in [0.5, 0.6) is 5.75 Å². The lowest BCUT2D eigenvalue weighted by Crippen LogP contribution is -2.20. The number of carbonyl (C=O) groups excluding carboxylic acids is 1. The fourth-order valence-electron chi connectivity index (χ4n) is 3.11. The molecule has 0 heterocycles. The summed E-state index contributed by atoms with van der Waals surface area (Å²) < 4.78 is 41.4. The number of carbonyl (C=O) groups is 1. The monoisotopic (exact) mass is 432 g/mol. The molecule has 7 heteroatoms. The molecule has 0 aliphatic heterocycles. The maximum Gasteiger partial charge on any atom is 0.573 e. The molecule has 4 nitrogen and oxygen atoms in total. The maximum absolute atomic E-state index is 12.5. The zero-order valence-corrected chi connectivity index (χ0v) is 18.1. The van der Waals surface area contributed by atoms with Gasteiger partial charge in [-0.1, -0.05) is 31.2 Å². The highest BCUT2D eigenvalue weighted by atomic mass is 19.4. The third kappa shape index (κ3) is 6.91. The molecule has 2 aromatic rings. The summed E-state index contributed by atoms with van der Waals surface area (Å²) in [6.07, 6.45) is -0.584. The summed E-state index contributed by atoms with van der Waals surface area (Å²) in [6, 6.07) is 9.67. The number of hydrogen-bond donors (Lipinski definition) is 1. The van der Waals surface area contributed by atoms with Gasteiger partial charge in [0.2, 0.25) is 5.91 Å². The Morgan fingerprint density at radius 1 is 1.23 bits per heavy atom. The predicted molar refractivity (Wildman–Crippen MR) is 118 cm³/mol. The molecule has 0 aliphatic carbocycles. The van der Waals surface area contributed by atoms with E-state index in [9.17, 15) is 18.0 Å². The quantitative estimate of drug-likeness (QED) is 0.512. The zero-order valence-electron chi connectivity index (χ0n) is 18.1. The van der Waals surface area contributed by atoms with Gasteiger partial charge in [0.1, 0.15) is 5.75 Å². The second-order valence-corrected chi connectivity index (χ2v) is 7.22. The summed E-state index contributed by atoms with van der Waals surface area (Å²) in [5.74, 6) is -0.561. The van der Waals surface area contributed by atoms with Crippen molar-refractivity contribution in [1.29, 1.82) is 0 Å². The predicted octanol–water partition coefficient (Wildman–Crippen LogP) is 6.11. The molecular weight excluding hydrogens is 405 g/mol. The standard InChI is InChI=1S/C24H27F3N2O2/c1-6-16(3)15-29(5)22-13-18(14-28-23(30)7-2)12-21(17(22)4)19-8-10-20(11-9-19)31-24(25,26)27/h7-13,15H,2,6,14H2,1,3-5H3,(H,28,30)/b16-15+. The van der Waals surface area contributed by atoms with Gasteiger partial charge in [0, 0.05) is 25.5 Å². The van der Waals surface area contributed by atoms with Crippen LogP contribution in [0.15, 0.2) is 60.8 Å². The van der Waals surface area contributed by atoms with E-state index in [-0.39, 0.29) is 11.7 Å². The van der Waals surface area contributed by atoms with Crippen LogP contribution in [0.4, 0.5) is 18.9 Å². The summed E-state index contributed by atoms with van der Waals surface area (Å²) >= 11 is 0. The number of hydrogen-bond acceptors (Lipinski definition) is 3. The molecule has 0 fully saturated rings. The second-order valence-electron chi connectivity index (χ2n) is 7.22. The summed E-state index contributed by atoms with van der Waals surface area (Å²) in [6.45, 7) is 9.83. The van der Waals surface area contributed by atoms with Gasteiger partial charge in [-0.2, -0.15) is 0 Å². The van der Waals surface area contributed by atoms with Crippen molar-refractivity contribution in [3.8, 4) is 16.9 Å². The van der Waals surface area contributed by atoms with Gasteiger partial charge in [-0.3, -0.25) is 4.79 Å². The molecule has 2 aromatic carbocycles. The topological polar surface area (TPSA) is 41.6 Å². The summed E-state index contributed by atoms with van der Waals surface area (Å²) in [5.41, 5.74) is 5.55. The minimum atomic E-state index is -4.74. The normalized spacial score (nSPS) is 11.8. The molecular formula is C24H27F3N2O2. The molecule has 31 heavy (non-hydrogen) atoms. The molecule has 0 unspecified atom stereocenters. The first-order chi connectivity index (χ1) is 14.5. The SMILES string of the molecule is C=CC(=O)NCc1cc(-c2ccc(OC(F)(F)F)cc2)c(C)c(N(C)/C=C(\C)CC)c1. The average Bonchev–Trinajstić information content (AvgIpc) is 2.71. The zero-order chi connectivity index (χ0) is 23.2. The number of alkyl halides is 3. The van der Waals surface area contributed by atoms with E-state index in [1.54, 1.807) is 12.1 Å². The third-order valence-corrected chi connectivity index (χ3v) is 4.84. The first kappa shape index (κ1) is 24.1. The Hall–Kier alpha value is -3.22. The molecule has 0 bridgehead atoms. The fourth-order valence-corrected chi connectivity index (χ4v) is 3.11. The van der Waals surface area contributed by atoms with Crippen LogP contribution in [-0.4, -0.2) is 19.3 Å². The largest absolute Gasteiger partial charge is 0.573 e. The van der Waals surface area contributed by atoms with E-state index in [0.29, 0.717) is 6.54 Å². The van der Waals surface area contributed by atoms with Crippen LogP contribution in [0.1, 0.15) is 31.4 Å². The molecule has 2 rings (SSSR count). The Kier molecular flexibility index (Phi) is 7.91. The van der Waals surface area contributed by atoms with Gasteiger partial charge in [0.05, 0.1) is 0 Å². The van der Waals surface area contributed by atoms with Crippen LogP contribution in [0.25, 0.3) is 11.1 Å². The van der Waals surface area contributed by atoms with Crippen molar-refractivity contribution >= 4 is 11.6 Å². The van der Waals surface area contributed by atoms with Crippen LogP contribution in [0.3, 0.4) is 0 Å². The number of benzene rings is 2. The van der Waals surface area contributed by atoms with Crippen LogP contribution >= 0.6 is 0 Å². The molecule has 0 aliphatic rings. The van der Waals surface area contributed by atoms with E-state index in [1.165, 1.54) is 23.8 Å². The fraction of sp³-hybridized carbons (Fsp3) is 0.292. The summed E-state index contributed by atoms with van der Waals surface area (Å²) in [4.78, 5) is 13.6. The minimum Gasteiger partial charge on any atom is -0.406 e. The van der Waals surface area contributed by atoms with E-state index < -0.39 is 6.36 Å². The van der Waals surface area contributed by atoms with Crippen molar-refractivity contribution in [3.05, 3.63) is 72.0 Å². The van der Waals surface area contributed by atoms with Gasteiger partial charge < -0.3 is 15.0 Å². The van der Waals surface area contributed by atoms with E-state index in [1.807, 2.05) is 44.1 Å². The Labute approximate surface area is 181 Å². The first-order valence-corrected chi connectivity index (χ1v) is 9.84. The number of amides is 1. The third-order valence-electron chi connectivity index (χ3n) is 4.84. The highest BCUT2D eigenvalue weighted by Gasteiger charge is 2.31. The van der Waals surface area contributed by atoms with E-state index in [0.717, 1.165) is 34.4 Å². The Morgan fingerprint density at radius 3 is 2.42 bits per heavy atom. The van der Waals surface area contributed by atoms with Gasteiger partial charge in [-0.05, 0) is 72.9 Å². The van der Waals surface area contributed by atoms with Crippen molar-refractivity contribution in [2.24, 2.45) is 0 Å². The Balaban J connectivity index is 2.50. The van der Waals surface area contributed by atoms with Crippen LogP contribution in [0.2, 0.25) is 0 Å². The molecule has 0 radical (unpaired) electrons. The number of rotatable bonds is 8. The van der Waals surface area contributed by atoms with Crippen LogP contribution < -0.4 is 15.0 Å². The van der Waals surface area contributed by atoms with E-state index in [4.69, 9.17) is 0 Å². The highest BCUT2D eigenvalue weighted by Crippen LogP contribution is 2.34. The van der Waals surface area contributed by atoms with Gasteiger partial charge in [-0.25, -0.2) is 0 Å². The van der Waals surface area contributed by atoms with E-state index >= 15 is 0 Å². The van der Waals surface area contributed by atoms with Crippen molar-refractivity contribution in [3.63, 3.8) is 0 Å². The Morgan fingerprint density at radius 2 is 1.87 bits per heavy atom. The molecule has 0 atom stereocenters. The smallest absolute Gasteiger partial charge is 0.406 e. The second kappa shape index (κ2) is 10.2. The van der Waals surface area contributed by atoms with Gasteiger partial charge in [0.15, 0.2) is 0 Å². The number of nitrogens with zero attached hydrogens (tertiary/aromatic N) is 1. The minimum absolute atomic E-state index is 0.276. The molecule has 0 saturated carbocycles. The summed E-state index contributed by atoms with van der Waals surface area (Å²) in [5, 5.41) is 2.76. The van der Waals surface area contributed by atoms with Crippen molar-refractivity contribution in [2.45, 2.75) is 40.1 Å². The number of anilines is 1.